The summed E-state index contributed by atoms with van der Waals surface area (Å²) in [7, 11) is 1.80. The maximum absolute atomic E-state index is 13.3. The summed E-state index contributed by atoms with van der Waals surface area (Å²) in [5.41, 5.74) is 1.29. The van der Waals surface area contributed by atoms with E-state index in [1.807, 2.05) is 12.1 Å². The Hall–Kier alpha value is -0.930. The minimum absolute atomic E-state index is 0. The van der Waals surface area contributed by atoms with Crippen molar-refractivity contribution < 1.29 is 13.9 Å². The molecule has 3 rings (SSSR count). The number of rotatable bonds is 9. The Morgan fingerprint density at radius 3 is 2.66 bits per heavy atom. The van der Waals surface area contributed by atoms with Crippen LogP contribution in [0.2, 0.25) is 0 Å². The zero-order valence-corrected chi connectivity index (χ0v) is 19.8. The van der Waals surface area contributed by atoms with Gasteiger partial charge in [-0.15, -0.1) is 24.0 Å². The molecule has 7 heteroatoms. The van der Waals surface area contributed by atoms with E-state index in [0.29, 0.717) is 5.92 Å². The van der Waals surface area contributed by atoms with Crippen molar-refractivity contribution in [2.24, 2.45) is 10.9 Å². The number of hydrogen-bond donors (Lipinski definition) is 2. The van der Waals surface area contributed by atoms with Gasteiger partial charge in [0.1, 0.15) is 5.82 Å². The molecule has 0 radical (unpaired) electrons. The first-order chi connectivity index (χ1) is 13.7. The molecule has 2 aliphatic rings. The summed E-state index contributed by atoms with van der Waals surface area (Å²) in [6.07, 6.45) is 6.74. The molecule has 0 bridgehead atoms. The van der Waals surface area contributed by atoms with Crippen molar-refractivity contribution in [3.05, 3.63) is 35.6 Å². The average molecular weight is 519 g/mol. The van der Waals surface area contributed by atoms with Gasteiger partial charge in [0, 0.05) is 44.7 Å². The molecule has 164 valence electrons. The van der Waals surface area contributed by atoms with E-state index in [1.165, 1.54) is 18.4 Å². The largest absolute Gasteiger partial charge is 0.381 e. The molecule has 1 aliphatic heterocycles. The second-order valence-corrected chi connectivity index (χ2v) is 8.00. The van der Waals surface area contributed by atoms with Gasteiger partial charge >= 0.3 is 0 Å². The Balaban J connectivity index is 0.00000300. The van der Waals surface area contributed by atoms with Gasteiger partial charge < -0.3 is 20.1 Å². The van der Waals surface area contributed by atoms with Crippen LogP contribution in [0.3, 0.4) is 0 Å². The third-order valence-corrected chi connectivity index (χ3v) is 5.97. The highest BCUT2D eigenvalue weighted by molar-refractivity contribution is 14.0. The lowest BCUT2D eigenvalue weighted by atomic mass is 9.79. The molecule has 1 aromatic carbocycles. The van der Waals surface area contributed by atoms with Gasteiger partial charge in [-0.3, -0.25) is 4.99 Å². The van der Waals surface area contributed by atoms with Gasteiger partial charge in [0.15, 0.2) is 5.96 Å². The Bertz CT molecular complexity index is 615. The van der Waals surface area contributed by atoms with Crippen molar-refractivity contribution in [2.75, 3.05) is 46.6 Å². The second kappa shape index (κ2) is 12.7. The molecule has 2 N–H and O–H groups in total. The Morgan fingerprint density at radius 1 is 1.24 bits per heavy atom. The Morgan fingerprint density at radius 2 is 2.00 bits per heavy atom. The molecule has 1 heterocycles. The molecule has 29 heavy (non-hydrogen) atoms. The number of benzene rings is 1. The van der Waals surface area contributed by atoms with Crippen molar-refractivity contribution in [1.29, 1.82) is 0 Å². The van der Waals surface area contributed by atoms with Crippen molar-refractivity contribution in [1.82, 2.24) is 10.6 Å². The summed E-state index contributed by atoms with van der Waals surface area (Å²) in [4.78, 5) is 4.35. The molecule has 2 fully saturated rings. The first-order valence-electron chi connectivity index (χ1n) is 10.6. The molecule has 1 aliphatic carbocycles. The summed E-state index contributed by atoms with van der Waals surface area (Å²) in [5.74, 6) is 1.21. The zero-order chi connectivity index (χ0) is 19.7. The number of aliphatic imine (C=N–C) groups is 1. The quantitative estimate of drug-likeness (QED) is 0.225. The van der Waals surface area contributed by atoms with E-state index in [9.17, 15) is 4.39 Å². The fraction of sp³-hybridized carbons (Fsp3) is 0.682. The van der Waals surface area contributed by atoms with E-state index in [2.05, 4.69) is 15.6 Å². The lowest BCUT2D eigenvalue weighted by Crippen LogP contribution is -2.45. The van der Waals surface area contributed by atoms with E-state index in [0.717, 1.165) is 71.2 Å². The minimum atomic E-state index is -0.176. The predicted octanol–water partition coefficient (Wildman–Crippen LogP) is 3.86. The average Bonchev–Trinajstić information content (AvgIpc) is 3.40. The normalized spacial score (nSPS) is 21.0. The fourth-order valence-corrected chi connectivity index (χ4v) is 4.24. The van der Waals surface area contributed by atoms with Crippen LogP contribution >= 0.6 is 24.0 Å². The molecule has 0 aromatic heterocycles. The van der Waals surface area contributed by atoms with Gasteiger partial charge in [0.25, 0.3) is 0 Å². The predicted molar refractivity (Wildman–Crippen MR) is 126 cm³/mol. The first-order valence-corrected chi connectivity index (χ1v) is 10.6. The van der Waals surface area contributed by atoms with Crippen LogP contribution in [0.25, 0.3) is 0 Å². The monoisotopic (exact) mass is 519 g/mol. The van der Waals surface area contributed by atoms with Gasteiger partial charge in [-0.25, -0.2) is 4.39 Å². The van der Waals surface area contributed by atoms with Crippen molar-refractivity contribution >= 4 is 29.9 Å². The number of guanidine groups is 1. The maximum Gasteiger partial charge on any atom is 0.191 e. The maximum atomic E-state index is 13.3. The molecule has 1 saturated heterocycles. The summed E-state index contributed by atoms with van der Waals surface area (Å²) in [6.45, 7) is 4.90. The third-order valence-electron chi connectivity index (χ3n) is 5.97. The van der Waals surface area contributed by atoms with Crippen LogP contribution in [0.1, 0.15) is 44.1 Å². The number of halogens is 2. The van der Waals surface area contributed by atoms with Gasteiger partial charge in [-0.2, -0.15) is 0 Å². The van der Waals surface area contributed by atoms with Crippen LogP contribution in [0, 0.1) is 11.7 Å². The summed E-state index contributed by atoms with van der Waals surface area (Å²) in [6, 6.07) is 7.01. The number of hydrogen-bond acceptors (Lipinski definition) is 3. The SMILES string of the molecule is CN=C(NCCCOCC1CCOC1)NCC1(c2ccc(F)cc2)CCCC1.I. The number of nitrogens with one attached hydrogen (secondary N) is 2. The molecule has 1 unspecified atom stereocenters. The molecule has 5 nitrogen and oxygen atoms in total. The van der Waals surface area contributed by atoms with Crippen LogP contribution < -0.4 is 10.6 Å². The smallest absolute Gasteiger partial charge is 0.191 e. The summed E-state index contributed by atoms with van der Waals surface area (Å²) in [5, 5.41) is 6.86. The molecular weight excluding hydrogens is 484 g/mol. The molecule has 1 atom stereocenters. The highest BCUT2D eigenvalue weighted by Gasteiger charge is 2.35. The topological polar surface area (TPSA) is 54.9 Å². The van der Waals surface area contributed by atoms with Gasteiger partial charge in [0.05, 0.1) is 13.2 Å². The summed E-state index contributed by atoms with van der Waals surface area (Å²) < 4.78 is 24.4. The Kier molecular flexibility index (Phi) is 10.7. The van der Waals surface area contributed by atoms with Gasteiger partial charge in [-0.1, -0.05) is 25.0 Å². The molecular formula is C22H35FIN3O2. The van der Waals surface area contributed by atoms with Crippen molar-refractivity contribution in [2.45, 2.75) is 43.9 Å². The number of ether oxygens (including phenoxy) is 2. The zero-order valence-electron chi connectivity index (χ0n) is 17.4. The summed E-state index contributed by atoms with van der Waals surface area (Å²) >= 11 is 0. The molecule has 0 amide bonds. The van der Waals surface area contributed by atoms with Crippen LogP contribution in [0.15, 0.2) is 29.3 Å². The molecule has 0 spiro atoms. The van der Waals surface area contributed by atoms with Crippen LogP contribution in [0.5, 0.6) is 0 Å². The lowest BCUT2D eigenvalue weighted by molar-refractivity contribution is 0.0888. The van der Waals surface area contributed by atoms with E-state index in [1.54, 1.807) is 19.2 Å². The van der Waals surface area contributed by atoms with Gasteiger partial charge in [-0.05, 0) is 43.4 Å². The van der Waals surface area contributed by atoms with E-state index >= 15 is 0 Å². The van der Waals surface area contributed by atoms with Crippen molar-refractivity contribution in [3.63, 3.8) is 0 Å². The standard InChI is InChI=1S/C22H34FN3O2.HI/c1-24-21(25-12-4-13-27-15-18-9-14-28-16-18)26-17-22(10-2-3-11-22)19-5-7-20(23)8-6-19;/h5-8,18H,2-4,9-17H2,1H3,(H2,24,25,26);1H. The third kappa shape index (κ3) is 7.36. The fourth-order valence-electron chi connectivity index (χ4n) is 4.24. The second-order valence-electron chi connectivity index (χ2n) is 8.00. The van der Waals surface area contributed by atoms with Gasteiger partial charge in [0.2, 0.25) is 0 Å². The molecule has 1 aromatic rings. The highest BCUT2D eigenvalue weighted by atomic mass is 127. The number of nitrogens with zero attached hydrogens (tertiary/aromatic N) is 1. The van der Waals surface area contributed by atoms with Crippen LogP contribution in [0.4, 0.5) is 4.39 Å². The van der Waals surface area contributed by atoms with E-state index in [4.69, 9.17) is 9.47 Å². The lowest BCUT2D eigenvalue weighted by Gasteiger charge is -2.31. The van der Waals surface area contributed by atoms with Crippen LogP contribution in [-0.4, -0.2) is 52.5 Å². The minimum Gasteiger partial charge on any atom is -0.381 e. The first kappa shape index (κ1) is 24.3. The molecule has 1 saturated carbocycles. The highest BCUT2D eigenvalue weighted by Crippen LogP contribution is 2.40. The van der Waals surface area contributed by atoms with Crippen molar-refractivity contribution in [3.8, 4) is 0 Å². The Labute approximate surface area is 191 Å². The van der Waals surface area contributed by atoms with E-state index in [-0.39, 0.29) is 35.2 Å². The van der Waals surface area contributed by atoms with E-state index < -0.39 is 0 Å². The van der Waals surface area contributed by atoms with Crippen LogP contribution in [-0.2, 0) is 14.9 Å².